The van der Waals surface area contributed by atoms with Gasteiger partial charge in [0.2, 0.25) is 0 Å². The Hall–Kier alpha value is 2.12. The molecule has 0 spiro atoms. The zero-order valence-electron chi connectivity index (χ0n) is 1.99. The van der Waals surface area contributed by atoms with Crippen LogP contribution in [0.15, 0.2) is 0 Å². The van der Waals surface area contributed by atoms with Crippen LogP contribution < -0.4 is 0 Å². The van der Waals surface area contributed by atoms with Gasteiger partial charge in [0.25, 0.3) is 0 Å². The summed E-state index contributed by atoms with van der Waals surface area (Å²) >= 11 is 0.300. The zero-order valence-corrected chi connectivity index (χ0v) is 9.72. The Morgan fingerprint density at radius 1 is 1.25 bits per heavy atom. The van der Waals surface area contributed by atoms with Crippen molar-refractivity contribution in [2.45, 2.75) is 0 Å². The molecule has 0 aromatic heterocycles. The molecule has 5 radical (unpaired) electrons. The average Bonchev–Trinajstić information content (AvgIpc) is 1.00. The molecule has 0 unspecified atom stereocenters. The van der Waals surface area contributed by atoms with Crippen molar-refractivity contribution in [1.29, 1.82) is 0 Å². The predicted octanol–water partition coefficient (Wildman–Crippen LogP) is -0.883. The van der Waals surface area contributed by atoms with Gasteiger partial charge in [0.15, 0.2) is 0 Å². The third-order valence-corrected chi connectivity index (χ3v) is 0. The summed E-state index contributed by atoms with van der Waals surface area (Å²) < 4.78 is 8.34. The van der Waals surface area contributed by atoms with Crippen molar-refractivity contribution in [3.8, 4) is 0 Å². The van der Waals surface area contributed by atoms with Gasteiger partial charge in [-0.05, 0) is 0 Å². The number of hydrogen-bond donors (Lipinski definition) is 0. The maximum Gasteiger partial charge on any atom is 0 e. The molecule has 0 bridgehead atoms. The Morgan fingerprint density at radius 2 is 1.25 bits per heavy atom. The van der Waals surface area contributed by atoms with E-state index in [4.69, 9.17) is 3.08 Å². The summed E-state index contributed by atoms with van der Waals surface area (Å²) in [6.45, 7) is 0. The molecule has 0 aliphatic rings. The molecule has 0 saturated heterocycles. The van der Waals surface area contributed by atoms with Gasteiger partial charge < -0.3 is 0 Å². The third kappa shape index (κ3) is 8.92. The molecule has 0 saturated carbocycles. The Labute approximate surface area is 70.6 Å². The van der Waals surface area contributed by atoms with Gasteiger partial charge in [-0.3, -0.25) is 0 Å². The maximum atomic E-state index is 8.34. The second kappa shape index (κ2) is 19.3. The molecular weight excluding hydrogens is 296 g/mol. The number of hydrogen-bond acceptors (Lipinski definition) is 1. The molecule has 0 aromatic carbocycles. The quantitative estimate of drug-likeness (QED) is 0.530. The fraction of sp³-hybridized carbons (Fsp3) is 0. The van der Waals surface area contributed by atoms with E-state index in [9.17, 15) is 0 Å². The molecule has 0 atom stereocenters. The average molecular weight is 296 g/mol. The van der Waals surface area contributed by atoms with Crippen molar-refractivity contribution in [3.05, 3.63) is 0 Å². The van der Waals surface area contributed by atoms with Crippen LogP contribution >= 0.6 is 0 Å². The van der Waals surface area contributed by atoms with E-state index in [0.29, 0.717) is 22.5 Å². The fourth-order valence-electron chi connectivity index (χ4n) is 0. The van der Waals surface area contributed by atoms with Gasteiger partial charge in [0, 0.05) is 46.0 Å². The topological polar surface area (TPSA) is 17.1 Å². The van der Waals surface area contributed by atoms with E-state index in [0.717, 1.165) is 0 Å². The van der Waals surface area contributed by atoms with Gasteiger partial charge in [-0.25, -0.2) is 0 Å². The summed E-state index contributed by atoms with van der Waals surface area (Å²) in [7, 11) is 0. The van der Waals surface area contributed by atoms with Gasteiger partial charge in [-0.15, -0.1) is 0 Å². The van der Waals surface area contributed by atoms with Gasteiger partial charge in [-0.1, -0.05) is 0 Å². The van der Waals surface area contributed by atoms with Crippen LogP contribution in [0.1, 0.15) is 0 Å². The molecular formula is GaOSnZr. The first kappa shape index (κ1) is 16.5. The van der Waals surface area contributed by atoms with Crippen LogP contribution in [0.5, 0.6) is 0 Å². The Balaban J connectivity index is -0.00000000500. The van der Waals surface area contributed by atoms with Crippen LogP contribution in [0.25, 0.3) is 0 Å². The van der Waals surface area contributed by atoms with Crippen molar-refractivity contribution in [3.63, 3.8) is 0 Å². The standard InChI is InChI=1S/Ga.O.Sn.Zr. The second-order valence-electron chi connectivity index (χ2n) is 0. The van der Waals surface area contributed by atoms with E-state index in [-0.39, 0.29) is 46.0 Å². The van der Waals surface area contributed by atoms with Gasteiger partial charge in [0.05, 0.1) is 0 Å². The molecule has 17 valence electrons. The van der Waals surface area contributed by atoms with Crippen molar-refractivity contribution >= 4 is 42.3 Å². The summed E-state index contributed by atoms with van der Waals surface area (Å²) in [5, 5.41) is 0. The first-order valence-corrected chi connectivity index (χ1v) is 1.37. The minimum Gasteiger partial charge on any atom is 0 e. The molecule has 4 heavy (non-hydrogen) atoms. The van der Waals surface area contributed by atoms with Crippen LogP contribution in [0, 0.1) is 0 Å². The minimum atomic E-state index is 0. The molecule has 0 aliphatic heterocycles. The molecule has 0 rings (SSSR count). The van der Waals surface area contributed by atoms with Crippen molar-refractivity contribution in [2.24, 2.45) is 0 Å². The first-order chi connectivity index (χ1) is 1.00. The minimum absolute atomic E-state index is 0. The molecule has 0 amide bonds. The Morgan fingerprint density at radius 3 is 1.25 bits per heavy atom. The predicted molar refractivity (Wildman–Crippen MR) is 12.2 cm³/mol. The SMILES string of the molecule is [Ga].[O]=[Sn].[Zr]. The second-order valence-corrected chi connectivity index (χ2v) is 0. The van der Waals surface area contributed by atoms with E-state index < -0.39 is 0 Å². The summed E-state index contributed by atoms with van der Waals surface area (Å²) in [5.74, 6) is 0. The molecule has 0 heterocycles. The number of rotatable bonds is 0. The van der Waals surface area contributed by atoms with Crippen LogP contribution in [0.3, 0.4) is 0 Å². The van der Waals surface area contributed by atoms with Gasteiger partial charge in [-0.2, -0.15) is 0 Å². The molecule has 4 heteroatoms. The van der Waals surface area contributed by atoms with Crippen LogP contribution in [0.4, 0.5) is 0 Å². The molecule has 0 aromatic rings. The van der Waals surface area contributed by atoms with E-state index in [1.165, 1.54) is 0 Å². The van der Waals surface area contributed by atoms with Crippen LogP contribution in [-0.4, -0.2) is 42.3 Å². The molecule has 0 aliphatic carbocycles. The summed E-state index contributed by atoms with van der Waals surface area (Å²) in [4.78, 5) is 0. The van der Waals surface area contributed by atoms with Crippen LogP contribution in [0.2, 0.25) is 0 Å². The van der Waals surface area contributed by atoms with Crippen molar-refractivity contribution < 1.29 is 29.3 Å². The van der Waals surface area contributed by atoms with E-state index in [1.54, 1.807) is 0 Å². The molecule has 0 N–H and O–H groups in total. The van der Waals surface area contributed by atoms with Crippen molar-refractivity contribution in [1.82, 2.24) is 0 Å². The monoisotopic (exact) mass is 295 g/mol. The van der Waals surface area contributed by atoms with Crippen LogP contribution in [-0.2, 0) is 29.3 Å². The van der Waals surface area contributed by atoms with E-state index in [2.05, 4.69) is 0 Å². The normalized spacial score (nSPS) is 1.00. The van der Waals surface area contributed by atoms with E-state index >= 15 is 0 Å². The smallest absolute Gasteiger partial charge is 0 e. The molecule has 0 fully saturated rings. The Kier molecular flexibility index (Phi) is 79.7. The fourth-order valence-corrected chi connectivity index (χ4v) is 0. The zero-order chi connectivity index (χ0) is 2.00. The molecule has 1 nitrogen and oxygen atoms in total. The Bertz CT molecular complexity index is 8.00. The first-order valence-electron chi connectivity index (χ1n) is 0.204. The third-order valence-electron chi connectivity index (χ3n) is 0. The summed E-state index contributed by atoms with van der Waals surface area (Å²) in [6, 6.07) is 0. The van der Waals surface area contributed by atoms with Crippen molar-refractivity contribution in [2.75, 3.05) is 0 Å². The summed E-state index contributed by atoms with van der Waals surface area (Å²) in [5.41, 5.74) is 0. The van der Waals surface area contributed by atoms with Gasteiger partial charge >= 0.3 is 25.6 Å². The van der Waals surface area contributed by atoms with Gasteiger partial charge in [0.1, 0.15) is 0 Å². The largest absolute Gasteiger partial charge is 0 e. The summed E-state index contributed by atoms with van der Waals surface area (Å²) in [6.07, 6.45) is 0. The van der Waals surface area contributed by atoms with E-state index in [1.807, 2.05) is 0 Å². The maximum absolute atomic E-state index is 8.34.